The zero-order chi connectivity index (χ0) is 19.8. The number of hydrogen-bond acceptors (Lipinski definition) is 6. The molecule has 1 heterocycles. The molecule has 0 saturated carbocycles. The van der Waals surface area contributed by atoms with Crippen LogP contribution in [0, 0.1) is 5.82 Å². The predicted octanol–water partition coefficient (Wildman–Crippen LogP) is 0.689. The first-order valence-electron chi connectivity index (χ1n) is 8.35. The molecule has 0 amide bonds. The lowest BCUT2D eigenvalue weighted by atomic mass is 9.87. The molecule has 0 radical (unpaired) electrons. The Morgan fingerprint density at radius 3 is 2.33 bits per heavy atom. The fraction of sp³-hybridized carbons (Fsp3) is 0.368. The minimum absolute atomic E-state index is 0.0981. The van der Waals surface area contributed by atoms with E-state index < -0.39 is 36.8 Å². The Bertz CT molecular complexity index is 799. The van der Waals surface area contributed by atoms with Crippen LogP contribution in [0.15, 0.2) is 42.5 Å². The largest absolute Gasteiger partial charge is 0.394 e. The van der Waals surface area contributed by atoms with Crippen LogP contribution in [0.5, 0.6) is 0 Å². The maximum absolute atomic E-state index is 13.1. The Morgan fingerprint density at radius 2 is 1.70 bits per heavy atom. The van der Waals surface area contributed by atoms with Gasteiger partial charge in [-0.15, -0.1) is 0 Å². The number of hydrogen-bond donors (Lipinski definition) is 5. The summed E-state index contributed by atoms with van der Waals surface area (Å²) >= 11 is 6.22. The Hall–Kier alpha value is -1.58. The second-order valence-corrected chi connectivity index (χ2v) is 6.98. The van der Waals surface area contributed by atoms with Gasteiger partial charge in [0.25, 0.3) is 0 Å². The molecule has 2 aromatic rings. The molecule has 5 N–H and O–H groups in total. The van der Waals surface area contributed by atoms with Crippen molar-refractivity contribution < 1.29 is 34.7 Å². The molecule has 0 aliphatic carbocycles. The minimum Gasteiger partial charge on any atom is -0.394 e. The van der Waals surface area contributed by atoms with Crippen molar-refractivity contribution in [2.24, 2.45) is 0 Å². The molecule has 2 aromatic carbocycles. The van der Waals surface area contributed by atoms with E-state index in [0.717, 1.165) is 5.56 Å². The normalized spacial score (nSPS) is 31.1. The van der Waals surface area contributed by atoms with E-state index in [1.165, 1.54) is 30.3 Å². The summed E-state index contributed by atoms with van der Waals surface area (Å²) in [6.07, 6.45) is -6.10. The van der Waals surface area contributed by atoms with Crippen LogP contribution in [0.4, 0.5) is 4.39 Å². The minimum atomic E-state index is -2.35. The fourth-order valence-electron chi connectivity index (χ4n) is 3.15. The Balaban J connectivity index is 1.95. The van der Waals surface area contributed by atoms with Crippen molar-refractivity contribution in [3.8, 4) is 0 Å². The van der Waals surface area contributed by atoms with E-state index >= 15 is 0 Å². The molecule has 8 heteroatoms. The lowest BCUT2D eigenvalue weighted by molar-refractivity contribution is -0.357. The van der Waals surface area contributed by atoms with Gasteiger partial charge in [0.1, 0.15) is 30.2 Å². The smallest absolute Gasteiger partial charge is 0.222 e. The molecule has 146 valence electrons. The summed E-state index contributed by atoms with van der Waals surface area (Å²) in [6, 6.07) is 10.2. The lowest BCUT2D eigenvalue weighted by Gasteiger charge is -2.45. The molecular weight excluding hydrogens is 379 g/mol. The summed E-state index contributed by atoms with van der Waals surface area (Å²) in [5, 5.41) is 50.7. The van der Waals surface area contributed by atoms with Crippen molar-refractivity contribution in [3.05, 3.63) is 70.0 Å². The van der Waals surface area contributed by atoms with Gasteiger partial charge in [0.15, 0.2) is 0 Å². The monoisotopic (exact) mass is 398 g/mol. The number of aliphatic hydroxyl groups is 5. The first-order valence-corrected chi connectivity index (χ1v) is 8.72. The average Bonchev–Trinajstić information content (AvgIpc) is 2.66. The molecule has 0 aromatic heterocycles. The molecule has 0 bridgehead atoms. The highest BCUT2D eigenvalue weighted by Gasteiger charge is 2.53. The van der Waals surface area contributed by atoms with E-state index in [0.29, 0.717) is 17.0 Å². The highest BCUT2D eigenvalue weighted by molar-refractivity contribution is 6.31. The van der Waals surface area contributed by atoms with Gasteiger partial charge in [-0.1, -0.05) is 29.8 Å². The zero-order valence-electron chi connectivity index (χ0n) is 14.2. The van der Waals surface area contributed by atoms with Gasteiger partial charge in [0.2, 0.25) is 5.79 Å². The van der Waals surface area contributed by atoms with E-state index in [9.17, 15) is 29.9 Å². The zero-order valence-corrected chi connectivity index (χ0v) is 14.9. The number of benzene rings is 2. The molecule has 1 fully saturated rings. The third-order valence-electron chi connectivity index (χ3n) is 4.73. The molecule has 6 nitrogen and oxygen atoms in total. The lowest BCUT2D eigenvalue weighted by Crippen LogP contribution is -2.63. The van der Waals surface area contributed by atoms with Crippen LogP contribution in [0.2, 0.25) is 5.02 Å². The van der Waals surface area contributed by atoms with Crippen LogP contribution in [-0.2, 0) is 16.9 Å². The standard InChI is InChI=1S/C19H20ClFO6/c20-14-6-3-12(8-11(14)7-10-1-4-13(21)5-2-10)19(26)18(25)17(24)16(23)15(9-22)27-19/h1-6,8,15-18,22-26H,7,9H2/t15-,16-,17+,18-,19?/m1/s1. The highest BCUT2D eigenvalue weighted by Crippen LogP contribution is 2.37. The Kier molecular flexibility index (Phi) is 5.83. The topological polar surface area (TPSA) is 110 Å². The fourth-order valence-corrected chi connectivity index (χ4v) is 3.33. The molecule has 0 spiro atoms. The number of ether oxygens (including phenoxy) is 1. The van der Waals surface area contributed by atoms with E-state index in [-0.39, 0.29) is 11.4 Å². The van der Waals surface area contributed by atoms with Crippen LogP contribution in [0.3, 0.4) is 0 Å². The molecule has 27 heavy (non-hydrogen) atoms. The third-order valence-corrected chi connectivity index (χ3v) is 5.10. The number of halogens is 2. The van der Waals surface area contributed by atoms with Crippen molar-refractivity contribution in [1.29, 1.82) is 0 Å². The van der Waals surface area contributed by atoms with Gasteiger partial charge in [0, 0.05) is 10.6 Å². The van der Waals surface area contributed by atoms with Crippen molar-refractivity contribution in [3.63, 3.8) is 0 Å². The van der Waals surface area contributed by atoms with Gasteiger partial charge in [-0.3, -0.25) is 0 Å². The molecule has 1 unspecified atom stereocenters. The van der Waals surface area contributed by atoms with Gasteiger partial charge >= 0.3 is 0 Å². The van der Waals surface area contributed by atoms with E-state index in [1.807, 2.05) is 0 Å². The summed E-state index contributed by atoms with van der Waals surface area (Å²) < 4.78 is 18.4. The quantitative estimate of drug-likeness (QED) is 0.518. The maximum Gasteiger partial charge on any atom is 0.222 e. The van der Waals surface area contributed by atoms with Gasteiger partial charge < -0.3 is 30.3 Å². The summed E-state index contributed by atoms with van der Waals surface area (Å²) in [5.74, 6) is -2.72. The highest BCUT2D eigenvalue weighted by atomic mass is 35.5. The van der Waals surface area contributed by atoms with Crippen LogP contribution >= 0.6 is 11.6 Å². The van der Waals surface area contributed by atoms with E-state index in [4.69, 9.17) is 16.3 Å². The Morgan fingerprint density at radius 1 is 1.04 bits per heavy atom. The summed E-state index contributed by atoms with van der Waals surface area (Å²) in [4.78, 5) is 0. The molecule has 1 aliphatic rings. The van der Waals surface area contributed by atoms with Gasteiger partial charge in [-0.05, 0) is 41.8 Å². The van der Waals surface area contributed by atoms with Gasteiger partial charge in [-0.25, -0.2) is 4.39 Å². The first kappa shape index (κ1) is 20.2. The van der Waals surface area contributed by atoms with E-state index in [2.05, 4.69) is 0 Å². The van der Waals surface area contributed by atoms with Crippen molar-refractivity contribution in [1.82, 2.24) is 0 Å². The predicted molar refractivity (Wildman–Crippen MR) is 94.5 cm³/mol. The molecule has 3 rings (SSSR count). The summed E-state index contributed by atoms with van der Waals surface area (Å²) in [6.45, 7) is -0.663. The molecular formula is C19H20ClFO6. The van der Waals surface area contributed by atoms with Crippen LogP contribution < -0.4 is 0 Å². The maximum atomic E-state index is 13.1. The van der Waals surface area contributed by atoms with Crippen molar-refractivity contribution in [2.45, 2.75) is 36.6 Å². The number of aliphatic hydroxyl groups excluding tert-OH is 4. The Labute approximate surface area is 160 Å². The number of rotatable bonds is 4. The first-order chi connectivity index (χ1) is 12.8. The van der Waals surface area contributed by atoms with Crippen molar-refractivity contribution >= 4 is 11.6 Å². The van der Waals surface area contributed by atoms with Crippen LogP contribution in [-0.4, -0.2) is 56.6 Å². The van der Waals surface area contributed by atoms with Crippen LogP contribution in [0.1, 0.15) is 16.7 Å². The molecule has 1 aliphatic heterocycles. The third kappa shape index (κ3) is 3.86. The molecule has 5 atom stereocenters. The van der Waals surface area contributed by atoms with Crippen molar-refractivity contribution in [2.75, 3.05) is 6.61 Å². The average molecular weight is 399 g/mol. The van der Waals surface area contributed by atoms with Crippen LogP contribution in [0.25, 0.3) is 0 Å². The second kappa shape index (κ2) is 7.81. The molecule has 1 saturated heterocycles. The van der Waals surface area contributed by atoms with Gasteiger partial charge in [0.05, 0.1) is 6.61 Å². The summed E-state index contributed by atoms with van der Waals surface area (Å²) in [7, 11) is 0. The van der Waals surface area contributed by atoms with E-state index in [1.54, 1.807) is 12.1 Å². The van der Waals surface area contributed by atoms with Gasteiger partial charge in [-0.2, -0.15) is 0 Å². The second-order valence-electron chi connectivity index (χ2n) is 6.57. The summed E-state index contributed by atoms with van der Waals surface area (Å²) in [5.41, 5.74) is 1.45. The SMILES string of the molecule is OC[C@H]1OC(O)(c2ccc(Cl)c(Cc3ccc(F)cc3)c2)[C@H](O)[C@@H](O)[C@@H]1O.